The number of likely N-dealkylation sites (N-methyl/N-ethyl adjacent to an activating group) is 1. The van der Waals surface area contributed by atoms with Gasteiger partial charge in [0, 0.05) is 37.9 Å². The third-order valence-corrected chi connectivity index (χ3v) is 7.23. The van der Waals surface area contributed by atoms with Gasteiger partial charge in [-0.25, -0.2) is 0 Å². The lowest BCUT2D eigenvalue weighted by molar-refractivity contribution is -0.137. The van der Waals surface area contributed by atoms with Crippen molar-refractivity contribution in [2.24, 2.45) is 0 Å². The molecule has 1 aliphatic rings. The Morgan fingerprint density at radius 2 is 1.78 bits per heavy atom. The molecule has 5 heteroatoms. The summed E-state index contributed by atoms with van der Waals surface area (Å²) in [7, 11) is 1.82. The van der Waals surface area contributed by atoms with Crippen LogP contribution >= 0.6 is 11.3 Å². The summed E-state index contributed by atoms with van der Waals surface area (Å²) in [5, 5.41) is 2.12. The molecule has 2 aromatic carbocycles. The van der Waals surface area contributed by atoms with Gasteiger partial charge in [-0.1, -0.05) is 60.2 Å². The van der Waals surface area contributed by atoms with E-state index >= 15 is 0 Å². The summed E-state index contributed by atoms with van der Waals surface area (Å²) in [4.78, 5) is 31.0. The maximum atomic E-state index is 13.2. The third kappa shape index (κ3) is 5.10. The van der Waals surface area contributed by atoms with E-state index in [0.717, 1.165) is 18.4 Å². The molecule has 0 radical (unpaired) electrons. The highest BCUT2D eigenvalue weighted by Gasteiger charge is 2.32. The second-order valence-electron chi connectivity index (χ2n) is 8.50. The summed E-state index contributed by atoms with van der Waals surface area (Å²) < 4.78 is 0. The molecule has 0 bridgehead atoms. The molecule has 0 saturated carbocycles. The van der Waals surface area contributed by atoms with Gasteiger partial charge in [0.25, 0.3) is 0 Å². The summed E-state index contributed by atoms with van der Waals surface area (Å²) in [6, 6.07) is 20.7. The lowest BCUT2D eigenvalue weighted by Crippen LogP contribution is -2.40. The molecule has 1 aliphatic heterocycles. The Kier molecular flexibility index (Phi) is 7.05. The van der Waals surface area contributed by atoms with Gasteiger partial charge in [0.2, 0.25) is 11.8 Å². The third-order valence-electron chi connectivity index (χ3n) is 6.24. The molecule has 0 aliphatic carbocycles. The Bertz CT molecular complexity index is 1060. The predicted molar refractivity (Wildman–Crippen MR) is 130 cm³/mol. The van der Waals surface area contributed by atoms with E-state index in [9.17, 15) is 9.59 Å². The lowest BCUT2D eigenvalue weighted by Gasteiger charge is -2.36. The normalized spacial score (nSPS) is 15.3. The quantitative estimate of drug-likeness (QED) is 0.512. The molecular formula is C27H30N2O2S. The number of hydrogen-bond donors (Lipinski definition) is 0. The van der Waals surface area contributed by atoms with E-state index in [1.807, 2.05) is 30.1 Å². The first kappa shape index (κ1) is 22.3. The topological polar surface area (TPSA) is 40.6 Å². The average molecular weight is 447 g/mol. The Labute approximate surface area is 194 Å². The first-order valence-electron chi connectivity index (χ1n) is 11.2. The largest absolute Gasteiger partial charge is 0.345 e. The SMILES string of the molecule is Cc1ccc(C2c3ccsc3CCN2C(=O)CCC(=O)N(C)CCc2ccccc2)cc1. The van der Waals surface area contributed by atoms with Crippen LogP contribution in [0, 0.1) is 6.92 Å². The van der Waals surface area contributed by atoms with Crippen molar-refractivity contribution in [3.05, 3.63) is 93.2 Å². The molecule has 0 fully saturated rings. The molecule has 1 aromatic heterocycles. The Hall–Kier alpha value is -2.92. The van der Waals surface area contributed by atoms with Crippen molar-refractivity contribution in [3.63, 3.8) is 0 Å². The minimum atomic E-state index is -0.0657. The molecular weight excluding hydrogens is 416 g/mol. The minimum absolute atomic E-state index is 0.0226. The van der Waals surface area contributed by atoms with Gasteiger partial charge in [-0.05, 0) is 47.9 Å². The van der Waals surface area contributed by atoms with E-state index in [4.69, 9.17) is 0 Å². The second-order valence-corrected chi connectivity index (χ2v) is 9.50. The molecule has 4 nitrogen and oxygen atoms in total. The number of benzene rings is 2. The van der Waals surface area contributed by atoms with E-state index in [1.165, 1.54) is 21.6 Å². The molecule has 2 amide bonds. The Balaban J connectivity index is 1.39. The standard InChI is InChI=1S/C27H30N2O2S/c1-20-8-10-22(11-9-20)27-23-16-19-32-24(23)15-18-29(27)26(31)13-12-25(30)28(2)17-14-21-6-4-3-5-7-21/h3-11,16,19,27H,12-15,17-18H2,1-2H3. The fourth-order valence-corrected chi connectivity index (χ4v) is 5.21. The van der Waals surface area contributed by atoms with Crippen molar-refractivity contribution >= 4 is 23.2 Å². The van der Waals surface area contributed by atoms with Crippen LogP contribution in [0.4, 0.5) is 0 Å². The van der Waals surface area contributed by atoms with Crippen LogP contribution in [0.2, 0.25) is 0 Å². The van der Waals surface area contributed by atoms with E-state index in [2.05, 4.69) is 54.8 Å². The number of carbonyl (C=O) groups is 2. The van der Waals surface area contributed by atoms with E-state index < -0.39 is 0 Å². The fourth-order valence-electron chi connectivity index (χ4n) is 4.31. The number of fused-ring (bicyclic) bond motifs is 1. The van der Waals surface area contributed by atoms with Crippen molar-refractivity contribution in [2.45, 2.75) is 38.6 Å². The second kappa shape index (κ2) is 10.1. The molecule has 32 heavy (non-hydrogen) atoms. The van der Waals surface area contributed by atoms with Gasteiger partial charge in [-0.2, -0.15) is 0 Å². The zero-order valence-electron chi connectivity index (χ0n) is 18.8. The molecule has 0 saturated heterocycles. The predicted octanol–water partition coefficient (Wildman–Crippen LogP) is 5.01. The molecule has 3 aromatic rings. The van der Waals surface area contributed by atoms with E-state index in [1.54, 1.807) is 16.2 Å². The number of aryl methyl sites for hydroxylation is 1. The van der Waals surface area contributed by atoms with Gasteiger partial charge in [0.1, 0.15) is 0 Å². The zero-order chi connectivity index (χ0) is 22.5. The van der Waals surface area contributed by atoms with Gasteiger partial charge < -0.3 is 9.80 Å². The monoisotopic (exact) mass is 446 g/mol. The molecule has 166 valence electrons. The van der Waals surface area contributed by atoms with Crippen LogP contribution < -0.4 is 0 Å². The maximum absolute atomic E-state index is 13.2. The van der Waals surface area contributed by atoms with Crippen molar-refractivity contribution < 1.29 is 9.59 Å². The first-order chi connectivity index (χ1) is 15.5. The Morgan fingerprint density at radius 1 is 1.03 bits per heavy atom. The molecule has 1 atom stereocenters. The maximum Gasteiger partial charge on any atom is 0.223 e. The molecule has 2 heterocycles. The van der Waals surface area contributed by atoms with Crippen LogP contribution in [0.5, 0.6) is 0 Å². The fraction of sp³-hybridized carbons (Fsp3) is 0.333. The number of hydrogen-bond acceptors (Lipinski definition) is 3. The smallest absolute Gasteiger partial charge is 0.223 e. The number of thiophene rings is 1. The van der Waals surface area contributed by atoms with Crippen LogP contribution in [0.25, 0.3) is 0 Å². The van der Waals surface area contributed by atoms with Gasteiger partial charge >= 0.3 is 0 Å². The highest BCUT2D eigenvalue weighted by atomic mass is 32.1. The van der Waals surface area contributed by atoms with Crippen molar-refractivity contribution in [3.8, 4) is 0 Å². The number of carbonyl (C=O) groups excluding carboxylic acids is 2. The summed E-state index contributed by atoms with van der Waals surface area (Å²) >= 11 is 1.77. The van der Waals surface area contributed by atoms with Gasteiger partial charge in [0.15, 0.2) is 0 Å². The summed E-state index contributed by atoms with van der Waals surface area (Å²) in [6.07, 6.45) is 2.19. The zero-order valence-corrected chi connectivity index (χ0v) is 19.6. The van der Waals surface area contributed by atoms with Gasteiger partial charge in [-0.3, -0.25) is 9.59 Å². The number of nitrogens with zero attached hydrogens (tertiary/aromatic N) is 2. The van der Waals surface area contributed by atoms with Crippen LogP contribution in [-0.4, -0.2) is 41.8 Å². The van der Waals surface area contributed by atoms with Crippen LogP contribution in [0.3, 0.4) is 0 Å². The molecule has 0 N–H and O–H groups in total. The van der Waals surface area contributed by atoms with E-state index in [-0.39, 0.29) is 30.7 Å². The summed E-state index contributed by atoms with van der Waals surface area (Å²) in [5.41, 5.74) is 4.78. The minimum Gasteiger partial charge on any atom is -0.345 e. The van der Waals surface area contributed by atoms with Crippen molar-refractivity contribution in [1.82, 2.24) is 9.80 Å². The molecule has 0 spiro atoms. The number of amides is 2. The first-order valence-corrected chi connectivity index (χ1v) is 12.1. The van der Waals surface area contributed by atoms with E-state index in [0.29, 0.717) is 13.1 Å². The van der Waals surface area contributed by atoms with Crippen molar-refractivity contribution in [2.75, 3.05) is 20.1 Å². The summed E-state index contributed by atoms with van der Waals surface area (Å²) in [6.45, 7) is 3.43. The Morgan fingerprint density at radius 3 is 2.53 bits per heavy atom. The summed E-state index contributed by atoms with van der Waals surface area (Å²) in [5.74, 6) is 0.0756. The molecule has 1 unspecified atom stereocenters. The van der Waals surface area contributed by atoms with Gasteiger partial charge in [-0.15, -0.1) is 11.3 Å². The van der Waals surface area contributed by atoms with Crippen LogP contribution in [0.1, 0.15) is 46.0 Å². The average Bonchev–Trinajstić information content (AvgIpc) is 3.30. The van der Waals surface area contributed by atoms with Gasteiger partial charge in [0.05, 0.1) is 6.04 Å². The van der Waals surface area contributed by atoms with Crippen molar-refractivity contribution in [1.29, 1.82) is 0 Å². The van der Waals surface area contributed by atoms with Crippen LogP contribution in [-0.2, 0) is 22.4 Å². The van der Waals surface area contributed by atoms with Crippen LogP contribution in [0.15, 0.2) is 66.0 Å². The highest BCUT2D eigenvalue weighted by Crippen LogP contribution is 2.38. The molecule has 4 rings (SSSR count). The number of rotatable bonds is 7. The highest BCUT2D eigenvalue weighted by molar-refractivity contribution is 7.10. The lowest BCUT2D eigenvalue weighted by atomic mass is 9.92.